The fraction of sp³-hybridized carbons (Fsp3) is 0.471. The van der Waals surface area contributed by atoms with Gasteiger partial charge in [-0.2, -0.15) is 5.10 Å². The summed E-state index contributed by atoms with van der Waals surface area (Å²) < 4.78 is 1.87. The van der Waals surface area contributed by atoms with E-state index in [0.29, 0.717) is 6.04 Å². The molecule has 0 spiro atoms. The number of aromatic nitrogens is 2. The average molecular weight is 271 g/mol. The van der Waals surface area contributed by atoms with Crippen LogP contribution in [-0.4, -0.2) is 22.9 Å². The molecule has 1 atom stereocenters. The summed E-state index contributed by atoms with van der Waals surface area (Å²) in [5.74, 6) is 0. The predicted molar refractivity (Wildman–Crippen MR) is 83.8 cm³/mol. The molecule has 1 N–H and O–H groups in total. The van der Waals surface area contributed by atoms with E-state index < -0.39 is 0 Å². The van der Waals surface area contributed by atoms with Gasteiger partial charge in [0.15, 0.2) is 0 Å². The van der Waals surface area contributed by atoms with Crippen molar-refractivity contribution in [2.45, 2.75) is 38.1 Å². The monoisotopic (exact) mass is 271 g/mol. The van der Waals surface area contributed by atoms with Gasteiger partial charge in [0.05, 0.1) is 6.20 Å². The smallest absolute Gasteiger partial charge is 0.0521 e. The zero-order chi connectivity index (χ0) is 14.2. The summed E-state index contributed by atoms with van der Waals surface area (Å²) in [6.07, 6.45) is 10.00. The molecule has 0 saturated heterocycles. The first kappa shape index (κ1) is 14.8. The number of aryl methyl sites for hydroxylation is 3. The maximum Gasteiger partial charge on any atom is 0.0521 e. The summed E-state index contributed by atoms with van der Waals surface area (Å²) >= 11 is 0. The van der Waals surface area contributed by atoms with Crippen molar-refractivity contribution < 1.29 is 0 Å². The number of benzene rings is 1. The minimum absolute atomic E-state index is 0.596. The molecule has 0 radical (unpaired) electrons. The molecule has 2 aromatic rings. The molecule has 2 rings (SSSR count). The van der Waals surface area contributed by atoms with E-state index in [1.165, 1.54) is 36.8 Å². The maximum atomic E-state index is 4.22. The van der Waals surface area contributed by atoms with Gasteiger partial charge >= 0.3 is 0 Å². The van der Waals surface area contributed by atoms with Gasteiger partial charge in [0.1, 0.15) is 0 Å². The van der Waals surface area contributed by atoms with Gasteiger partial charge in [-0.1, -0.05) is 30.3 Å². The van der Waals surface area contributed by atoms with Gasteiger partial charge in [-0.05, 0) is 50.3 Å². The summed E-state index contributed by atoms with van der Waals surface area (Å²) in [5, 5.41) is 7.66. The number of hydrogen-bond acceptors (Lipinski definition) is 2. The van der Waals surface area contributed by atoms with Crippen LogP contribution in [0.1, 0.15) is 30.4 Å². The van der Waals surface area contributed by atoms with Crippen LogP contribution in [-0.2, 0) is 19.9 Å². The highest BCUT2D eigenvalue weighted by atomic mass is 15.2. The van der Waals surface area contributed by atoms with E-state index in [-0.39, 0.29) is 0 Å². The Balaban J connectivity index is 1.69. The van der Waals surface area contributed by atoms with Crippen molar-refractivity contribution in [1.29, 1.82) is 0 Å². The minimum atomic E-state index is 0.596. The average Bonchev–Trinajstić information content (AvgIpc) is 2.89. The Morgan fingerprint density at radius 1 is 1.10 bits per heavy atom. The third-order valence-electron chi connectivity index (χ3n) is 3.81. The molecule has 0 bridgehead atoms. The Labute approximate surface area is 122 Å². The lowest BCUT2D eigenvalue weighted by atomic mass is 10.0. The first-order valence-electron chi connectivity index (χ1n) is 7.46. The van der Waals surface area contributed by atoms with E-state index in [1.807, 2.05) is 17.9 Å². The van der Waals surface area contributed by atoms with Gasteiger partial charge in [0, 0.05) is 19.3 Å². The zero-order valence-corrected chi connectivity index (χ0v) is 12.5. The molecule has 1 heterocycles. The van der Waals surface area contributed by atoms with Gasteiger partial charge in [-0.25, -0.2) is 0 Å². The van der Waals surface area contributed by atoms with Gasteiger partial charge in [-0.15, -0.1) is 0 Å². The molecule has 0 aliphatic heterocycles. The molecule has 108 valence electrons. The maximum absolute atomic E-state index is 4.22. The number of nitrogens with zero attached hydrogens (tertiary/aromatic N) is 2. The van der Waals surface area contributed by atoms with Crippen molar-refractivity contribution in [2.75, 3.05) is 7.05 Å². The molecule has 3 heteroatoms. The molecule has 1 aromatic carbocycles. The fourth-order valence-corrected chi connectivity index (χ4v) is 2.57. The van der Waals surface area contributed by atoms with E-state index in [4.69, 9.17) is 0 Å². The Kier molecular flexibility index (Phi) is 5.81. The third kappa shape index (κ3) is 4.82. The molecule has 20 heavy (non-hydrogen) atoms. The van der Waals surface area contributed by atoms with Crippen LogP contribution in [0, 0.1) is 0 Å². The highest BCUT2D eigenvalue weighted by Gasteiger charge is 2.07. The van der Waals surface area contributed by atoms with E-state index in [2.05, 4.69) is 54.0 Å². The van der Waals surface area contributed by atoms with Gasteiger partial charge in [0.2, 0.25) is 0 Å². The van der Waals surface area contributed by atoms with Crippen molar-refractivity contribution in [2.24, 2.45) is 7.05 Å². The number of hydrogen-bond donors (Lipinski definition) is 1. The van der Waals surface area contributed by atoms with Crippen LogP contribution in [0.25, 0.3) is 0 Å². The molecule has 3 nitrogen and oxygen atoms in total. The van der Waals surface area contributed by atoms with Crippen LogP contribution in [0.3, 0.4) is 0 Å². The predicted octanol–water partition coefficient (Wildman–Crippen LogP) is 2.96. The van der Waals surface area contributed by atoms with Crippen LogP contribution in [0.2, 0.25) is 0 Å². The lowest BCUT2D eigenvalue weighted by Crippen LogP contribution is -2.25. The molecule has 0 aliphatic rings. The molecular weight excluding hydrogens is 246 g/mol. The van der Waals surface area contributed by atoms with E-state index in [0.717, 1.165) is 6.42 Å². The molecule has 0 amide bonds. The largest absolute Gasteiger partial charge is 0.317 e. The molecule has 1 aromatic heterocycles. The van der Waals surface area contributed by atoms with Crippen molar-refractivity contribution in [3.05, 3.63) is 53.9 Å². The lowest BCUT2D eigenvalue weighted by molar-refractivity contribution is 0.474. The van der Waals surface area contributed by atoms with Crippen LogP contribution < -0.4 is 5.32 Å². The minimum Gasteiger partial charge on any atom is -0.317 e. The highest BCUT2D eigenvalue weighted by molar-refractivity contribution is 5.14. The van der Waals surface area contributed by atoms with Crippen molar-refractivity contribution in [3.63, 3.8) is 0 Å². The Bertz CT molecular complexity index is 490. The Morgan fingerprint density at radius 2 is 1.90 bits per heavy atom. The van der Waals surface area contributed by atoms with E-state index in [1.54, 1.807) is 0 Å². The first-order chi connectivity index (χ1) is 9.78. The number of nitrogens with one attached hydrogen (secondary N) is 1. The van der Waals surface area contributed by atoms with Crippen LogP contribution >= 0.6 is 0 Å². The third-order valence-corrected chi connectivity index (χ3v) is 3.81. The molecular formula is C17H25N3. The fourth-order valence-electron chi connectivity index (χ4n) is 2.57. The quantitative estimate of drug-likeness (QED) is 0.800. The van der Waals surface area contributed by atoms with E-state index >= 15 is 0 Å². The summed E-state index contributed by atoms with van der Waals surface area (Å²) in [6, 6.07) is 11.3. The zero-order valence-electron chi connectivity index (χ0n) is 12.5. The van der Waals surface area contributed by atoms with Crippen molar-refractivity contribution >= 4 is 0 Å². The van der Waals surface area contributed by atoms with Crippen molar-refractivity contribution in [3.8, 4) is 0 Å². The topological polar surface area (TPSA) is 29.9 Å². The first-order valence-corrected chi connectivity index (χ1v) is 7.46. The van der Waals surface area contributed by atoms with Crippen LogP contribution in [0.15, 0.2) is 42.7 Å². The van der Waals surface area contributed by atoms with Crippen LogP contribution in [0.5, 0.6) is 0 Å². The summed E-state index contributed by atoms with van der Waals surface area (Å²) in [5.41, 5.74) is 2.77. The second-order valence-corrected chi connectivity index (χ2v) is 5.42. The van der Waals surface area contributed by atoms with Crippen molar-refractivity contribution in [1.82, 2.24) is 15.1 Å². The summed E-state index contributed by atoms with van der Waals surface area (Å²) in [4.78, 5) is 0. The summed E-state index contributed by atoms with van der Waals surface area (Å²) in [6.45, 7) is 0. The lowest BCUT2D eigenvalue weighted by Gasteiger charge is -2.15. The summed E-state index contributed by atoms with van der Waals surface area (Å²) in [7, 11) is 4.04. The molecule has 0 aliphatic carbocycles. The van der Waals surface area contributed by atoms with Crippen LogP contribution in [0.4, 0.5) is 0 Å². The Hall–Kier alpha value is -1.61. The number of rotatable bonds is 8. The van der Waals surface area contributed by atoms with Gasteiger partial charge in [0.25, 0.3) is 0 Å². The molecule has 0 saturated carbocycles. The SMILES string of the molecule is CNC(CCCc1ccccc1)CCc1cnn(C)c1. The molecule has 1 unspecified atom stereocenters. The second-order valence-electron chi connectivity index (χ2n) is 5.42. The van der Waals surface area contributed by atoms with Gasteiger partial charge in [-0.3, -0.25) is 4.68 Å². The normalized spacial score (nSPS) is 12.5. The molecule has 0 fully saturated rings. The van der Waals surface area contributed by atoms with E-state index in [9.17, 15) is 0 Å². The standard InChI is InChI=1S/C17H25N3/c1-18-17(12-11-16-13-19-20(2)14-16)10-6-9-15-7-4-3-5-8-15/h3-5,7-8,13-14,17-18H,6,9-12H2,1-2H3. The Morgan fingerprint density at radius 3 is 2.55 bits per heavy atom. The van der Waals surface area contributed by atoms with Gasteiger partial charge < -0.3 is 5.32 Å². The highest BCUT2D eigenvalue weighted by Crippen LogP contribution is 2.11. The second kappa shape index (κ2) is 7.85.